The van der Waals surface area contributed by atoms with E-state index in [1.165, 1.54) is 12.0 Å². The van der Waals surface area contributed by atoms with Gasteiger partial charge >= 0.3 is 5.97 Å². The van der Waals surface area contributed by atoms with Crippen LogP contribution in [0.2, 0.25) is 0 Å². The number of para-hydroxylation sites is 2. The molecule has 2 aliphatic heterocycles. The third-order valence-electron chi connectivity index (χ3n) is 7.07. The standard InChI is InChI=1S/C27H27N3O4/c1-26(2)14-19-21(20(31)15-26)27(17-12-8-9-13-18(17)29(3)25(27)33)22(24(32)34-4)23(28)30(19)16-10-6-5-7-11-16/h5-13H,14-15,28H2,1-4H3. The summed E-state index contributed by atoms with van der Waals surface area (Å²) < 4.78 is 5.18. The Labute approximate surface area is 198 Å². The van der Waals surface area contributed by atoms with Gasteiger partial charge < -0.3 is 15.4 Å². The molecule has 0 aromatic heterocycles. The number of allylic oxidation sites excluding steroid dienone is 1. The average Bonchev–Trinajstić information content (AvgIpc) is 3.01. The summed E-state index contributed by atoms with van der Waals surface area (Å²) in [6, 6.07) is 16.6. The van der Waals surface area contributed by atoms with E-state index in [0.29, 0.717) is 34.6 Å². The van der Waals surface area contributed by atoms with Crippen LogP contribution in [0.5, 0.6) is 0 Å². The van der Waals surface area contributed by atoms with Crippen molar-refractivity contribution in [3.63, 3.8) is 0 Å². The molecule has 3 aliphatic rings. The molecule has 1 spiro atoms. The molecule has 0 saturated heterocycles. The van der Waals surface area contributed by atoms with E-state index in [9.17, 15) is 14.4 Å². The zero-order valence-electron chi connectivity index (χ0n) is 19.7. The van der Waals surface area contributed by atoms with Gasteiger partial charge in [0.15, 0.2) is 5.78 Å². The third kappa shape index (κ3) is 2.73. The first-order valence-corrected chi connectivity index (χ1v) is 11.2. The molecule has 2 aromatic carbocycles. The number of fused-ring (bicyclic) bond motifs is 3. The van der Waals surface area contributed by atoms with Crippen LogP contribution in [-0.2, 0) is 24.5 Å². The highest BCUT2D eigenvalue weighted by molar-refractivity contribution is 6.24. The molecule has 2 heterocycles. The lowest BCUT2D eigenvalue weighted by Crippen LogP contribution is -2.55. The van der Waals surface area contributed by atoms with Crippen molar-refractivity contribution in [2.75, 3.05) is 24.0 Å². The Balaban J connectivity index is 1.95. The van der Waals surface area contributed by atoms with Gasteiger partial charge in [-0.3, -0.25) is 14.5 Å². The van der Waals surface area contributed by atoms with Gasteiger partial charge in [-0.25, -0.2) is 4.79 Å². The Hall–Kier alpha value is -3.87. The minimum atomic E-state index is -1.66. The molecule has 7 heteroatoms. The number of nitrogens with two attached hydrogens (primary N) is 1. The molecule has 1 atom stereocenters. The van der Waals surface area contributed by atoms with Crippen LogP contribution in [0.15, 0.2) is 77.3 Å². The highest BCUT2D eigenvalue weighted by atomic mass is 16.5. The zero-order chi connectivity index (χ0) is 24.4. The van der Waals surface area contributed by atoms with Crippen LogP contribution in [0.1, 0.15) is 32.3 Å². The Bertz CT molecular complexity index is 1310. The van der Waals surface area contributed by atoms with E-state index in [1.54, 1.807) is 24.1 Å². The first kappa shape index (κ1) is 21.9. The molecule has 0 saturated carbocycles. The number of rotatable bonds is 2. The second-order valence-corrected chi connectivity index (χ2v) is 9.82. The summed E-state index contributed by atoms with van der Waals surface area (Å²) in [4.78, 5) is 44.7. The molecule has 34 heavy (non-hydrogen) atoms. The predicted molar refractivity (Wildman–Crippen MR) is 129 cm³/mol. The maximum absolute atomic E-state index is 14.1. The number of ether oxygens (including phenoxy) is 1. The zero-order valence-corrected chi connectivity index (χ0v) is 19.7. The van der Waals surface area contributed by atoms with E-state index in [2.05, 4.69) is 0 Å². The molecule has 2 N–H and O–H groups in total. The minimum absolute atomic E-state index is 0.0209. The van der Waals surface area contributed by atoms with E-state index in [0.717, 1.165) is 0 Å². The molecule has 174 valence electrons. The molecule has 1 aliphatic carbocycles. The summed E-state index contributed by atoms with van der Waals surface area (Å²) in [7, 11) is 2.91. The van der Waals surface area contributed by atoms with Crippen LogP contribution in [-0.4, -0.2) is 31.8 Å². The number of carbonyl (C=O) groups is 3. The fourth-order valence-corrected chi connectivity index (χ4v) is 5.75. The van der Waals surface area contributed by atoms with E-state index in [4.69, 9.17) is 10.5 Å². The Morgan fingerprint density at radius 2 is 1.65 bits per heavy atom. The fourth-order valence-electron chi connectivity index (χ4n) is 5.75. The van der Waals surface area contributed by atoms with Crippen LogP contribution in [0.3, 0.4) is 0 Å². The van der Waals surface area contributed by atoms with E-state index in [-0.39, 0.29) is 34.9 Å². The van der Waals surface area contributed by atoms with Crippen molar-refractivity contribution in [2.45, 2.75) is 32.1 Å². The molecule has 5 rings (SSSR count). The van der Waals surface area contributed by atoms with Crippen molar-refractivity contribution in [3.05, 3.63) is 82.8 Å². The second kappa shape index (κ2) is 7.32. The van der Waals surface area contributed by atoms with Gasteiger partial charge in [-0.1, -0.05) is 50.2 Å². The number of anilines is 2. The normalized spacial score (nSPS) is 23.4. The molecule has 7 nitrogen and oxygen atoms in total. The first-order chi connectivity index (χ1) is 16.1. The van der Waals surface area contributed by atoms with Crippen molar-refractivity contribution >= 4 is 29.0 Å². The quantitative estimate of drug-likeness (QED) is 0.695. The van der Waals surface area contributed by atoms with Crippen LogP contribution < -0.4 is 15.5 Å². The number of carbonyl (C=O) groups excluding carboxylic acids is 3. The van der Waals surface area contributed by atoms with Crippen molar-refractivity contribution in [1.29, 1.82) is 0 Å². The lowest BCUT2D eigenvalue weighted by molar-refractivity contribution is -0.138. The predicted octanol–water partition coefficient (Wildman–Crippen LogP) is 3.41. The monoisotopic (exact) mass is 457 g/mol. The van der Waals surface area contributed by atoms with Crippen molar-refractivity contribution in [3.8, 4) is 0 Å². The smallest absolute Gasteiger partial charge is 0.339 e. The molecule has 1 unspecified atom stereocenters. The second-order valence-electron chi connectivity index (χ2n) is 9.82. The summed E-state index contributed by atoms with van der Waals surface area (Å²) in [6.45, 7) is 4.05. The van der Waals surface area contributed by atoms with Crippen LogP contribution in [0.25, 0.3) is 0 Å². The number of benzene rings is 2. The van der Waals surface area contributed by atoms with Crippen LogP contribution >= 0.6 is 0 Å². The number of hydrogen-bond acceptors (Lipinski definition) is 6. The number of methoxy groups -OCH3 is 1. The van der Waals surface area contributed by atoms with Crippen LogP contribution in [0, 0.1) is 5.41 Å². The molecular formula is C27H27N3O4. The average molecular weight is 458 g/mol. The Morgan fingerprint density at radius 3 is 2.32 bits per heavy atom. The number of hydrogen-bond donors (Lipinski definition) is 1. The van der Waals surface area contributed by atoms with Gasteiger partial charge in [0.25, 0.3) is 0 Å². The largest absolute Gasteiger partial charge is 0.466 e. The molecule has 1 amide bonds. The number of likely N-dealkylation sites (N-methyl/N-ethyl adjacent to an activating group) is 1. The number of amides is 1. The SMILES string of the molecule is COC(=O)C1=C(N)N(c2ccccc2)C2=C(C(=O)CC(C)(C)C2)C12C(=O)N(C)c1ccccc12. The third-order valence-corrected chi connectivity index (χ3v) is 7.07. The van der Waals surface area contributed by atoms with Gasteiger partial charge in [0.1, 0.15) is 16.8 Å². The number of Topliss-reactive ketones (excluding diaryl/α,β-unsaturated/α-hetero) is 1. The fraction of sp³-hybridized carbons (Fsp3) is 0.296. The van der Waals surface area contributed by atoms with Gasteiger partial charge in [0.05, 0.1) is 7.11 Å². The summed E-state index contributed by atoms with van der Waals surface area (Å²) in [5.74, 6) is -1.19. The van der Waals surface area contributed by atoms with Crippen molar-refractivity contribution in [1.82, 2.24) is 0 Å². The summed E-state index contributed by atoms with van der Waals surface area (Å²) in [5, 5.41) is 0. The number of esters is 1. The summed E-state index contributed by atoms with van der Waals surface area (Å²) in [6.07, 6.45) is 0.767. The summed E-state index contributed by atoms with van der Waals surface area (Å²) >= 11 is 0. The van der Waals surface area contributed by atoms with Gasteiger partial charge in [0.2, 0.25) is 5.91 Å². The molecule has 0 radical (unpaired) electrons. The maximum Gasteiger partial charge on any atom is 0.339 e. The highest BCUT2D eigenvalue weighted by Crippen LogP contribution is 2.58. The van der Waals surface area contributed by atoms with Gasteiger partial charge in [0, 0.05) is 41.7 Å². The van der Waals surface area contributed by atoms with Gasteiger partial charge in [-0.05, 0) is 30.0 Å². The number of ketones is 1. The van der Waals surface area contributed by atoms with Crippen LogP contribution in [0.4, 0.5) is 11.4 Å². The van der Waals surface area contributed by atoms with Gasteiger partial charge in [-0.2, -0.15) is 0 Å². The first-order valence-electron chi connectivity index (χ1n) is 11.2. The number of nitrogens with zero attached hydrogens (tertiary/aromatic N) is 2. The molecule has 0 fully saturated rings. The van der Waals surface area contributed by atoms with Crippen molar-refractivity contribution in [2.24, 2.45) is 11.1 Å². The lowest BCUT2D eigenvalue weighted by atomic mass is 9.60. The van der Waals surface area contributed by atoms with Crippen molar-refractivity contribution < 1.29 is 19.1 Å². The molecule has 2 aromatic rings. The minimum Gasteiger partial charge on any atom is -0.466 e. The van der Waals surface area contributed by atoms with E-state index >= 15 is 0 Å². The topological polar surface area (TPSA) is 92.9 Å². The lowest BCUT2D eigenvalue weighted by Gasteiger charge is -2.47. The Kier molecular flexibility index (Phi) is 4.72. The maximum atomic E-state index is 14.1. The summed E-state index contributed by atoms with van der Waals surface area (Å²) in [5.41, 5.74) is 7.63. The van der Waals surface area contributed by atoms with E-state index < -0.39 is 11.4 Å². The highest BCUT2D eigenvalue weighted by Gasteiger charge is 2.64. The molecule has 0 bridgehead atoms. The molecular weight excluding hydrogens is 430 g/mol. The Morgan fingerprint density at radius 1 is 1.00 bits per heavy atom. The van der Waals surface area contributed by atoms with E-state index in [1.807, 2.05) is 56.3 Å². The van der Waals surface area contributed by atoms with Gasteiger partial charge in [-0.15, -0.1) is 0 Å².